The van der Waals surface area contributed by atoms with Crippen LogP contribution in [0.15, 0.2) is 12.2 Å². The van der Waals surface area contributed by atoms with Gasteiger partial charge in [-0.25, -0.2) is 5.06 Å². The molecular formula is C11H19NO3. The first-order valence-electron chi connectivity index (χ1n) is 5.41. The molecule has 0 aromatic carbocycles. The maximum Gasteiger partial charge on any atom is 0.243 e. The Morgan fingerprint density at radius 3 is 2.80 bits per heavy atom. The van der Waals surface area contributed by atoms with Gasteiger partial charge in [0.2, 0.25) is 5.91 Å². The van der Waals surface area contributed by atoms with E-state index in [1.165, 1.54) is 6.92 Å². The van der Waals surface area contributed by atoms with Crippen LogP contribution in [0.2, 0.25) is 0 Å². The maximum absolute atomic E-state index is 10.9. The van der Waals surface area contributed by atoms with Crippen molar-refractivity contribution in [3.63, 3.8) is 0 Å². The van der Waals surface area contributed by atoms with Crippen molar-refractivity contribution in [2.75, 3.05) is 0 Å². The fourth-order valence-corrected chi connectivity index (χ4v) is 1.92. The summed E-state index contributed by atoms with van der Waals surface area (Å²) in [6.45, 7) is 3.34. The Morgan fingerprint density at radius 2 is 2.27 bits per heavy atom. The van der Waals surface area contributed by atoms with Gasteiger partial charge in [-0.05, 0) is 12.8 Å². The number of nitrogens with zero attached hydrogens (tertiary/aromatic N) is 1. The maximum atomic E-state index is 10.9. The third-order valence-electron chi connectivity index (χ3n) is 2.81. The van der Waals surface area contributed by atoms with Crippen LogP contribution in [0.5, 0.6) is 0 Å². The first-order valence-corrected chi connectivity index (χ1v) is 5.41. The van der Waals surface area contributed by atoms with Crippen LogP contribution in [0.4, 0.5) is 0 Å². The van der Waals surface area contributed by atoms with Gasteiger partial charge in [0.15, 0.2) is 0 Å². The summed E-state index contributed by atoms with van der Waals surface area (Å²) in [5.41, 5.74) is 0. The van der Waals surface area contributed by atoms with E-state index in [9.17, 15) is 15.1 Å². The number of hydrogen-bond acceptors (Lipinski definition) is 3. The van der Waals surface area contributed by atoms with Crippen LogP contribution in [0.25, 0.3) is 0 Å². The van der Waals surface area contributed by atoms with Crippen molar-refractivity contribution >= 4 is 5.91 Å². The Morgan fingerprint density at radius 1 is 1.60 bits per heavy atom. The molecule has 2 N–H and O–H groups in total. The zero-order valence-corrected chi connectivity index (χ0v) is 9.26. The van der Waals surface area contributed by atoms with Crippen LogP contribution in [0.3, 0.4) is 0 Å². The average Bonchev–Trinajstić information content (AvgIpc) is 2.65. The summed E-state index contributed by atoms with van der Waals surface area (Å²) in [5, 5.41) is 19.9. The monoisotopic (exact) mass is 213 g/mol. The third kappa shape index (κ3) is 3.04. The highest BCUT2D eigenvalue weighted by Crippen LogP contribution is 2.26. The first-order chi connectivity index (χ1) is 7.06. The van der Waals surface area contributed by atoms with E-state index in [0.29, 0.717) is 6.42 Å². The van der Waals surface area contributed by atoms with Crippen molar-refractivity contribution in [2.24, 2.45) is 5.92 Å². The lowest BCUT2D eigenvalue weighted by molar-refractivity contribution is -0.169. The smallest absolute Gasteiger partial charge is 0.243 e. The van der Waals surface area contributed by atoms with Crippen LogP contribution in [-0.2, 0) is 4.79 Å². The Kier molecular flexibility index (Phi) is 4.29. The van der Waals surface area contributed by atoms with Gasteiger partial charge in [-0.1, -0.05) is 25.5 Å². The SMILES string of the molecule is CCCC(O)[C@@H]1C=C[C@H](N(O)C(C)=O)C1. The molecule has 1 unspecified atom stereocenters. The molecule has 0 aliphatic heterocycles. The van der Waals surface area contributed by atoms with Gasteiger partial charge in [-0.2, -0.15) is 0 Å². The molecule has 0 aromatic heterocycles. The van der Waals surface area contributed by atoms with E-state index >= 15 is 0 Å². The van der Waals surface area contributed by atoms with Crippen molar-refractivity contribution < 1.29 is 15.1 Å². The van der Waals surface area contributed by atoms with Crippen LogP contribution in [0, 0.1) is 5.92 Å². The van der Waals surface area contributed by atoms with Crippen LogP contribution in [0.1, 0.15) is 33.1 Å². The van der Waals surface area contributed by atoms with Crippen LogP contribution < -0.4 is 0 Å². The Bertz CT molecular complexity index is 252. The average molecular weight is 213 g/mol. The number of aliphatic hydroxyl groups excluding tert-OH is 1. The van der Waals surface area contributed by atoms with Gasteiger partial charge < -0.3 is 5.11 Å². The second-order valence-electron chi connectivity index (χ2n) is 4.07. The van der Waals surface area contributed by atoms with E-state index < -0.39 is 0 Å². The summed E-state index contributed by atoms with van der Waals surface area (Å²) in [6, 6.07) is -0.279. The second kappa shape index (κ2) is 5.28. The molecule has 0 saturated carbocycles. The van der Waals surface area contributed by atoms with Crippen LogP contribution >= 0.6 is 0 Å². The summed E-state index contributed by atoms with van der Waals surface area (Å²) in [6.07, 6.45) is 5.61. The first kappa shape index (κ1) is 12.2. The highest BCUT2D eigenvalue weighted by atomic mass is 16.5. The fraction of sp³-hybridized carbons (Fsp3) is 0.727. The number of carbonyl (C=O) groups is 1. The predicted octanol–water partition coefficient (Wildman–Crippen LogP) is 1.33. The lowest BCUT2D eigenvalue weighted by Crippen LogP contribution is -2.34. The highest BCUT2D eigenvalue weighted by Gasteiger charge is 2.28. The molecule has 1 aliphatic carbocycles. The highest BCUT2D eigenvalue weighted by molar-refractivity contribution is 5.72. The summed E-state index contributed by atoms with van der Waals surface area (Å²) in [7, 11) is 0. The van der Waals surface area contributed by atoms with E-state index in [0.717, 1.165) is 17.9 Å². The standard InChI is InChI=1S/C11H19NO3/c1-3-4-11(14)9-5-6-10(7-9)12(15)8(2)13/h5-6,9-11,14-15H,3-4,7H2,1-2H3/t9-,10+,11?/m1/s1. The fourth-order valence-electron chi connectivity index (χ4n) is 1.92. The molecule has 1 aliphatic rings. The minimum absolute atomic E-state index is 0.0592. The minimum Gasteiger partial charge on any atom is -0.393 e. The number of hydrogen-bond donors (Lipinski definition) is 2. The molecule has 3 atom stereocenters. The van der Waals surface area contributed by atoms with E-state index in [-0.39, 0.29) is 24.0 Å². The van der Waals surface area contributed by atoms with Gasteiger partial charge in [0, 0.05) is 12.8 Å². The second-order valence-corrected chi connectivity index (χ2v) is 4.07. The molecule has 15 heavy (non-hydrogen) atoms. The van der Waals surface area contributed by atoms with E-state index in [2.05, 4.69) is 0 Å². The van der Waals surface area contributed by atoms with Crippen molar-refractivity contribution in [1.29, 1.82) is 0 Å². The molecule has 0 bridgehead atoms. The molecule has 0 fully saturated rings. The summed E-state index contributed by atoms with van der Waals surface area (Å²) in [4.78, 5) is 10.9. The minimum atomic E-state index is -0.365. The summed E-state index contributed by atoms with van der Waals surface area (Å²) < 4.78 is 0. The third-order valence-corrected chi connectivity index (χ3v) is 2.81. The molecule has 0 heterocycles. The van der Waals surface area contributed by atoms with Gasteiger partial charge in [-0.3, -0.25) is 10.0 Å². The molecule has 4 nitrogen and oxygen atoms in total. The molecule has 0 radical (unpaired) electrons. The topological polar surface area (TPSA) is 60.8 Å². The number of rotatable bonds is 4. The molecule has 4 heteroatoms. The van der Waals surface area contributed by atoms with Gasteiger partial charge in [0.05, 0.1) is 12.1 Å². The van der Waals surface area contributed by atoms with E-state index in [4.69, 9.17) is 0 Å². The molecule has 86 valence electrons. The molecule has 0 spiro atoms. The Hall–Kier alpha value is -0.870. The number of carbonyl (C=O) groups excluding carboxylic acids is 1. The van der Waals surface area contributed by atoms with Gasteiger partial charge in [0.25, 0.3) is 0 Å². The summed E-state index contributed by atoms with van der Waals surface area (Å²) in [5.74, 6) is -0.306. The lowest BCUT2D eigenvalue weighted by Gasteiger charge is -2.22. The Labute approximate surface area is 90.2 Å². The molecular weight excluding hydrogens is 194 g/mol. The van der Waals surface area contributed by atoms with Crippen LogP contribution in [-0.4, -0.2) is 33.4 Å². The largest absolute Gasteiger partial charge is 0.393 e. The van der Waals surface area contributed by atoms with Gasteiger partial charge in [0.1, 0.15) is 0 Å². The van der Waals surface area contributed by atoms with E-state index in [1.807, 2.05) is 13.0 Å². The lowest BCUT2D eigenvalue weighted by atomic mass is 9.97. The van der Waals surface area contributed by atoms with Crippen molar-refractivity contribution in [2.45, 2.75) is 45.3 Å². The number of aliphatic hydroxyl groups is 1. The molecule has 0 aromatic rings. The van der Waals surface area contributed by atoms with Gasteiger partial charge in [-0.15, -0.1) is 0 Å². The number of hydroxylamine groups is 2. The quantitative estimate of drug-likeness (QED) is 0.421. The van der Waals surface area contributed by atoms with Crippen molar-refractivity contribution in [3.8, 4) is 0 Å². The number of amides is 1. The van der Waals surface area contributed by atoms with Gasteiger partial charge >= 0.3 is 0 Å². The van der Waals surface area contributed by atoms with E-state index in [1.54, 1.807) is 6.08 Å². The zero-order chi connectivity index (χ0) is 11.4. The van der Waals surface area contributed by atoms with Crippen molar-refractivity contribution in [3.05, 3.63) is 12.2 Å². The predicted molar refractivity (Wildman–Crippen MR) is 56.3 cm³/mol. The normalized spacial score (nSPS) is 26.7. The Balaban J connectivity index is 2.46. The molecule has 1 rings (SSSR count). The zero-order valence-electron chi connectivity index (χ0n) is 9.26. The molecule has 1 amide bonds. The summed E-state index contributed by atoms with van der Waals surface area (Å²) >= 11 is 0. The molecule has 0 saturated heterocycles. The van der Waals surface area contributed by atoms with Crippen molar-refractivity contribution in [1.82, 2.24) is 5.06 Å².